The molecule has 1 saturated heterocycles. The molecule has 1 aliphatic heterocycles. The highest BCUT2D eigenvalue weighted by molar-refractivity contribution is 5.37. The fourth-order valence-corrected chi connectivity index (χ4v) is 2.38. The van der Waals surface area contributed by atoms with Crippen LogP contribution in [0.3, 0.4) is 0 Å². The Balaban J connectivity index is 1.92. The van der Waals surface area contributed by atoms with Gasteiger partial charge in [0.15, 0.2) is 0 Å². The lowest BCUT2D eigenvalue weighted by Gasteiger charge is -2.20. The fourth-order valence-electron chi connectivity index (χ4n) is 2.38. The molecule has 1 fully saturated rings. The highest BCUT2D eigenvalue weighted by atomic mass is 16.5. The minimum absolute atomic E-state index is 0.0250. The number of nitrogens with one attached hydrogen (secondary N) is 1. The summed E-state index contributed by atoms with van der Waals surface area (Å²) in [5, 5.41) is 7.12. The van der Waals surface area contributed by atoms with E-state index in [4.69, 9.17) is 4.74 Å². The number of pyridine rings is 1. The molecule has 0 aromatic carbocycles. The molecule has 0 radical (unpaired) electrons. The number of fused-ring (bicyclic) bond motifs is 1. The van der Waals surface area contributed by atoms with Crippen LogP contribution >= 0.6 is 0 Å². The molecular formula is C12H15N3O2. The van der Waals surface area contributed by atoms with Crippen LogP contribution in [0, 0.1) is 5.92 Å². The largest absolute Gasteiger partial charge is 0.381 e. The van der Waals surface area contributed by atoms with Crippen molar-refractivity contribution in [1.82, 2.24) is 14.6 Å². The zero-order chi connectivity index (χ0) is 11.7. The van der Waals surface area contributed by atoms with Gasteiger partial charge in [0, 0.05) is 25.7 Å². The van der Waals surface area contributed by atoms with Crippen LogP contribution in [-0.2, 0) is 11.2 Å². The minimum atomic E-state index is -0.0250. The standard InChI is InChI=1S/C12H15N3O2/c16-12-5-1-4-10-13-14-11(15(10)12)7-9-3-2-6-17-8-9/h1,4-5,9,13H,2-3,6-8H2. The van der Waals surface area contributed by atoms with Gasteiger partial charge in [-0.25, -0.2) is 4.40 Å². The van der Waals surface area contributed by atoms with E-state index in [1.807, 2.05) is 6.07 Å². The molecule has 0 aliphatic carbocycles. The molecule has 3 heterocycles. The summed E-state index contributed by atoms with van der Waals surface area (Å²) in [4.78, 5) is 11.8. The second-order valence-corrected chi connectivity index (χ2v) is 4.51. The Kier molecular flexibility index (Phi) is 2.68. The van der Waals surface area contributed by atoms with Gasteiger partial charge in [-0.05, 0) is 24.8 Å². The molecule has 17 heavy (non-hydrogen) atoms. The van der Waals surface area contributed by atoms with E-state index in [0.29, 0.717) is 5.92 Å². The van der Waals surface area contributed by atoms with Crippen molar-refractivity contribution in [1.29, 1.82) is 0 Å². The van der Waals surface area contributed by atoms with Gasteiger partial charge in [0.2, 0.25) is 0 Å². The first kappa shape index (κ1) is 10.5. The highest BCUT2D eigenvalue weighted by Gasteiger charge is 2.17. The van der Waals surface area contributed by atoms with Crippen molar-refractivity contribution >= 4 is 5.65 Å². The van der Waals surface area contributed by atoms with E-state index in [2.05, 4.69) is 10.2 Å². The highest BCUT2D eigenvalue weighted by Crippen LogP contribution is 2.17. The van der Waals surface area contributed by atoms with E-state index in [1.54, 1.807) is 16.5 Å². The summed E-state index contributed by atoms with van der Waals surface area (Å²) in [6.45, 7) is 1.63. The average molecular weight is 233 g/mol. The molecule has 3 rings (SSSR count). The zero-order valence-corrected chi connectivity index (χ0v) is 9.56. The summed E-state index contributed by atoms with van der Waals surface area (Å²) in [5.74, 6) is 1.28. The predicted octanol–water partition coefficient (Wildman–Crippen LogP) is 0.992. The average Bonchev–Trinajstić information content (AvgIpc) is 2.75. The summed E-state index contributed by atoms with van der Waals surface area (Å²) in [6, 6.07) is 5.15. The van der Waals surface area contributed by atoms with E-state index >= 15 is 0 Å². The lowest BCUT2D eigenvalue weighted by atomic mass is 9.98. The van der Waals surface area contributed by atoms with E-state index in [9.17, 15) is 4.79 Å². The van der Waals surface area contributed by atoms with Crippen LogP contribution in [-0.4, -0.2) is 27.8 Å². The molecule has 5 heteroatoms. The van der Waals surface area contributed by atoms with Gasteiger partial charge >= 0.3 is 0 Å². The van der Waals surface area contributed by atoms with Gasteiger partial charge in [-0.15, -0.1) is 0 Å². The molecule has 0 spiro atoms. The van der Waals surface area contributed by atoms with Crippen LogP contribution < -0.4 is 5.56 Å². The van der Waals surface area contributed by atoms with Gasteiger partial charge in [0.25, 0.3) is 5.56 Å². The maximum absolute atomic E-state index is 11.8. The van der Waals surface area contributed by atoms with Crippen molar-refractivity contribution in [2.75, 3.05) is 13.2 Å². The Bertz CT molecular complexity index is 566. The molecule has 0 bridgehead atoms. The second kappa shape index (κ2) is 4.33. The normalized spacial score (nSPS) is 20.8. The van der Waals surface area contributed by atoms with Gasteiger partial charge in [-0.3, -0.25) is 9.89 Å². The third-order valence-electron chi connectivity index (χ3n) is 3.24. The number of aromatic amines is 1. The van der Waals surface area contributed by atoms with E-state index in [1.165, 1.54) is 0 Å². The van der Waals surface area contributed by atoms with Gasteiger partial charge in [-0.1, -0.05) is 6.07 Å². The fraction of sp³-hybridized carbons (Fsp3) is 0.500. The molecule has 5 nitrogen and oxygen atoms in total. The van der Waals surface area contributed by atoms with E-state index < -0.39 is 0 Å². The zero-order valence-electron chi connectivity index (χ0n) is 9.56. The number of nitrogens with zero attached hydrogens (tertiary/aromatic N) is 2. The molecular weight excluding hydrogens is 218 g/mol. The topological polar surface area (TPSA) is 59.4 Å². The number of aromatic nitrogens is 3. The summed E-state index contributed by atoms with van der Waals surface area (Å²) in [5.41, 5.74) is 0.729. The van der Waals surface area contributed by atoms with Crippen molar-refractivity contribution in [3.05, 3.63) is 34.4 Å². The molecule has 90 valence electrons. The first-order chi connectivity index (χ1) is 8.34. The Morgan fingerprint density at radius 1 is 1.53 bits per heavy atom. The number of H-pyrrole nitrogens is 1. The monoisotopic (exact) mass is 233 g/mol. The van der Waals surface area contributed by atoms with Gasteiger partial charge in [-0.2, -0.15) is 5.10 Å². The number of hydrogen-bond donors (Lipinski definition) is 1. The van der Waals surface area contributed by atoms with Gasteiger partial charge in [0.1, 0.15) is 11.5 Å². The lowest BCUT2D eigenvalue weighted by molar-refractivity contribution is 0.0542. The molecule has 2 aromatic rings. The third-order valence-corrected chi connectivity index (χ3v) is 3.24. The molecule has 1 N–H and O–H groups in total. The molecule has 1 atom stereocenters. The summed E-state index contributed by atoms with van der Waals surface area (Å²) >= 11 is 0. The second-order valence-electron chi connectivity index (χ2n) is 4.51. The molecule has 1 aliphatic rings. The summed E-state index contributed by atoms with van der Waals surface area (Å²) < 4.78 is 7.10. The SMILES string of the molecule is O=c1cccc2[nH]nc(CC3CCCOC3)n12. The Labute approximate surface area is 98.4 Å². The van der Waals surface area contributed by atoms with Crippen molar-refractivity contribution in [3.63, 3.8) is 0 Å². The first-order valence-electron chi connectivity index (χ1n) is 5.97. The third kappa shape index (κ3) is 1.98. The predicted molar refractivity (Wildman–Crippen MR) is 63.1 cm³/mol. The lowest BCUT2D eigenvalue weighted by Crippen LogP contribution is -2.22. The number of ether oxygens (including phenoxy) is 1. The van der Waals surface area contributed by atoms with Crippen molar-refractivity contribution in [2.45, 2.75) is 19.3 Å². The molecule has 2 aromatic heterocycles. The Morgan fingerprint density at radius 3 is 3.29 bits per heavy atom. The molecule has 1 unspecified atom stereocenters. The van der Waals surface area contributed by atoms with E-state index in [-0.39, 0.29) is 5.56 Å². The first-order valence-corrected chi connectivity index (χ1v) is 5.97. The summed E-state index contributed by atoms with van der Waals surface area (Å²) in [7, 11) is 0. The van der Waals surface area contributed by atoms with Crippen LogP contribution in [0.4, 0.5) is 0 Å². The molecule has 0 amide bonds. The number of rotatable bonds is 2. The van der Waals surface area contributed by atoms with Gasteiger partial charge in [0.05, 0.1) is 0 Å². The van der Waals surface area contributed by atoms with Crippen LogP contribution in [0.1, 0.15) is 18.7 Å². The van der Waals surface area contributed by atoms with Crippen LogP contribution in [0.2, 0.25) is 0 Å². The van der Waals surface area contributed by atoms with Gasteiger partial charge < -0.3 is 4.74 Å². The Hall–Kier alpha value is -1.62. The maximum atomic E-state index is 11.8. The van der Waals surface area contributed by atoms with Crippen molar-refractivity contribution < 1.29 is 4.74 Å². The minimum Gasteiger partial charge on any atom is -0.381 e. The number of hydrogen-bond acceptors (Lipinski definition) is 3. The van der Waals surface area contributed by atoms with Crippen LogP contribution in [0.5, 0.6) is 0 Å². The van der Waals surface area contributed by atoms with Crippen molar-refractivity contribution in [3.8, 4) is 0 Å². The van der Waals surface area contributed by atoms with Crippen LogP contribution in [0.15, 0.2) is 23.0 Å². The molecule has 0 saturated carbocycles. The smallest absolute Gasteiger partial charge is 0.257 e. The van der Waals surface area contributed by atoms with Crippen LogP contribution in [0.25, 0.3) is 5.65 Å². The van der Waals surface area contributed by atoms with E-state index in [0.717, 1.165) is 43.9 Å². The van der Waals surface area contributed by atoms with Crippen molar-refractivity contribution in [2.24, 2.45) is 5.92 Å². The Morgan fingerprint density at radius 2 is 2.47 bits per heavy atom. The maximum Gasteiger partial charge on any atom is 0.257 e. The quantitative estimate of drug-likeness (QED) is 0.841. The summed E-state index contributed by atoms with van der Waals surface area (Å²) in [6.07, 6.45) is 3.04.